The van der Waals surface area contributed by atoms with E-state index >= 15 is 0 Å². The first-order valence-corrected chi connectivity index (χ1v) is 14.2. The number of aliphatic hydroxyl groups is 1. The summed E-state index contributed by atoms with van der Waals surface area (Å²) in [5.41, 5.74) is -1.11. The topological polar surface area (TPSA) is 139 Å². The maximum atomic E-state index is 14.9. The molecule has 0 bridgehead atoms. The summed E-state index contributed by atoms with van der Waals surface area (Å²) in [7, 11) is 0. The van der Waals surface area contributed by atoms with E-state index in [2.05, 4.69) is 25.4 Å². The van der Waals surface area contributed by atoms with Gasteiger partial charge in [0.1, 0.15) is 5.54 Å². The van der Waals surface area contributed by atoms with Crippen molar-refractivity contribution in [3.05, 3.63) is 76.1 Å². The number of hydrogen-bond donors (Lipinski definition) is 2. The first-order chi connectivity index (χ1) is 21.1. The number of piperidine rings is 1. The number of benzene rings is 1. The summed E-state index contributed by atoms with van der Waals surface area (Å²) in [5, 5.41) is 16.4. The molecule has 1 saturated heterocycles. The first kappa shape index (κ1) is 28.3. The number of anilines is 2. The van der Waals surface area contributed by atoms with E-state index in [1.807, 2.05) is 6.92 Å². The Morgan fingerprint density at radius 2 is 2.00 bits per heavy atom. The number of alkyl halides is 2. The molecule has 226 valence electrons. The van der Waals surface area contributed by atoms with Crippen molar-refractivity contribution < 1.29 is 27.9 Å². The summed E-state index contributed by atoms with van der Waals surface area (Å²) in [5.74, 6) is -0.767. The fraction of sp³-hybridized carbons (Fsp3) is 0.345. The third-order valence-electron chi connectivity index (χ3n) is 8.41. The number of nitrogens with zero attached hydrogens (tertiary/aromatic N) is 7. The van der Waals surface area contributed by atoms with Gasteiger partial charge in [0.15, 0.2) is 17.3 Å². The smallest absolute Gasteiger partial charge is 0.276 e. The molecule has 3 fully saturated rings. The van der Waals surface area contributed by atoms with Crippen LogP contribution < -0.4 is 10.2 Å². The average Bonchev–Trinajstić information content (AvgIpc) is 3.91. The van der Waals surface area contributed by atoms with Crippen LogP contribution in [-0.2, 0) is 16.9 Å². The van der Waals surface area contributed by atoms with E-state index in [9.17, 15) is 27.9 Å². The molecule has 2 amide bonds. The third-order valence-corrected chi connectivity index (χ3v) is 8.70. The molecular weight excluding hydrogens is 601 g/mol. The molecular formula is C29H24ClF3N8O3. The molecule has 2 N–H and O–H groups in total. The molecule has 4 aromatic rings. The second-order valence-corrected chi connectivity index (χ2v) is 11.6. The molecule has 1 aliphatic heterocycles. The highest BCUT2D eigenvalue weighted by Gasteiger charge is 2.54. The molecule has 11 nitrogen and oxygen atoms in total. The van der Waals surface area contributed by atoms with Crippen LogP contribution in [0.3, 0.4) is 0 Å². The fourth-order valence-corrected chi connectivity index (χ4v) is 5.96. The van der Waals surface area contributed by atoms with Gasteiger partial charge in [-0.05, 0) is 38.2 Å². The van der Waals surface area contributed by atoms with Gasteiger partial charge in [-0.3, -0.25) is 29.1 Å². The van der Waals surface area contributed by atoms with Crippen LogP contribution >= 0.6 is 11.6 Å². The van der Waals surface area contributed by atoms with Gasteiger partial charge in [-0.25, -0.2) is 23.1 Å². The Labute approximate surface area is 253 Å². The predicted octanol–water partition coefficient (Wildman–Crippen LogP) is 4.43. The maximum Gasteiger partial charge on any atom is 0.276 e. The standard InChI is InChI=1S/C29H24ClF3N8O3/c1-13-26(40-10-14-6-17(14)28(40)44)35-9-21(37-13)29(4-5-29)41-11-15(7-36-41)38-27(43)24-20(12-42)34-8-19(39-24)22-16(25(32)33)2-3-18(30)23(22)31/h2-3,7-9,11,14,17,25,42H,4-6,10,12H2,1H3,(H,38,43)/t14-,17-/m1/s1. The summed E-state index contributed by atoms with van der Waals surface area (Å²) in [6, 6.07) is 1.98. The van der Waals surface area contributed by atoms with Crippen molar-refractivity contribution in [1.82, 2.24) is 29.7 Å². The molecule has 3 aliphatic rings. The monoisotopic (exact) mass is 624 g/mol. The molecule has 1 aromatic carbocycles. The lowest BCUT2D eigenvalue weighted by molar-refractivity contribution is -0.118. The number of aromatic nitrogens is 6. The summed E-state index contributed by atoms with van der Waals surface area (Å²) >= 11 is 5.83. The van der Waals surface area contributed by atoms with Gasteiger partial charge in [-0.15, -0.1) is 0 Å². The van der Waals surface area contributed by atoms with E-state index in [0.717, 1.165) is 37.6 Å². The quantitative estimate of drug-likeness (QED) is 0.294. The number of amides is 2. The molecule has 0 radical (unpaired) electrons. The van der Waals surface area contributed by atoms with Crippen LogP contribution in [0.4, 0.5) is 24.7 Å². The Bertz CT molecular complexity index is 1850. The van der Waals surface area contributed by atoms with E-state index in [1.165, 1.54) is 6.20 Å². The number of aryl methyl sites for hydroxylation is 1. The van der Waals surface area contributed by atoms with Gasteiger partial charge in [-0.2, -0.15) is 5.10 Å². The average molecular weight is 625 g/mol. The SMILES string of the molecule is Cc1nc(C2(n3cc(NC(=O)c4nc(-c5c(C(F)F)ccc(Cl)c5F)cnc4CO)cn3)CC2)cnc1N1C[C@H]2C[C@H]2C1=O. The zero-order valence-electron chi connectivity index (χ0n) is 23.1. The zero-order valence-corrected chi connectivity index (χ0v) is 23.9. The Kier molecular flexibility index (Phi) is 6.66. The minimum atomic E-state index is -3.05. The van der Waals surface area contributed by atoms with E-state index in [1.54, 1.807) is 22.0 Å². The fourth-order valence-electron chi connectivity index (χ4n) is 5.80. The highest BCUT2D eigenvalue weighted by atomic mass is 35.5. The van der Waals surface area contributed by atoms with Gasteiger partial charge in [0.05, 0.1) is 58.7 Å². The van der Waals surface area contributed by atoms with Gasteiger partial charge >= 0.3 is 0 Å². The largest absolute Gasteiger partial charge is 0.390 e. The number of carbonyl (C=O) groups is 2. The van der Waals surface area contributed by atoms with E-state index < -0.39 is 46.4 Å². The van der Waals surface area contributed by atoms with Crippen molar-refractivity contribution in [2.75, 3.05) is 16.8 Å². The highest BCUT2D eigenvalue weighted by molar-refractivity contribution is 6.31. The van der Waals surface area contributed by atoms with Gasteiger partial charge in [0, 0.05) is 29.8 Å². The van der Waals surface area contributed by atoms with Crippen LogP contribution in [0.5, 0.6) is 0 Å². The van der Waals surface area contributed by atoms with E-state index in [4.69, 9.17) is 16.6 Å². The van der Waals surface area contributed by atoms with Crippen molar-refractivity contribution >= 4 is 34.9 Å². The van der Waals surface area contributed by atoms with Gasteiger partial charge in [-0.1, -0.05) is 17.7 Å². The Hall–Kier alpha value is -4.43. The third kappa shape index (κ3) is 4.59. The summed E-state index contributed by atoms with van der Waals surface area (Å²) < 4.78 is 43.9. The number of nitrogens with one attached hydrogen (secondary N) is 1. The molecule has 0 unspecified atom stereocenters. The first-order valence-electron chi connectivity index (χ1n) is 13.9. The van der Waals surface area contributed by atoms with Crippen molar-refractivity contribution in [3.63, 3.8) is 0 Å². The second kappa shape index (κ2) is 10.3. The van der Waals surface area contributed by atoms with Crippen LogP contribution in [0.1, 0.15) is 58.8 Å². The maximum absolute atomic E-state index is 14.9. The predicted molar refractivity (Wildman–Crippen MR) is 151 cm³/mol. The van der Waals surface area contributed by atoms with Crippen LogP contribution in [0, 0.1) is 24.6 Å². The van der Waals surface area contributed by atoms with Crippen molar-refractivity contribution in [1.29, 1.82) is 0 Å². The summed E-state index contributed by atoms with van der Waals surface area (Å²) in [4.78, 5) is 44.9. The van der Waals surface area contributed by atoms with Gasteiger partial charge < -0.3 is 10.4 Å². The molecule has 2 saturated carbocycles. The lowest BCUT2D eigenvalue weighted by Crippen LogP contribution is -2.30. The minimum absolute atomic E-state index is 0.0977. The molecule has 2 atom stereocenters. The van der Waals surface area contributed by atoms with Crippen molar-refractivity contribution in [2.45, 2.75) is 44.8 Å². The summed E-state index contributed by atoms with van der Waals surface area (Å²) in [6.45, 7) is 1.80. The molecule has 7 rings (SSSR count). The lowest BCUT2D eigenvalue weighted by atomic mass is 10.0. The molecule has 0 spiro atoms. The normalized spacial score (nSPS) is 19.8. The molecule has 15 heteroatoms. The van der Waals surface area contributed by atoms with Crippen molar-refractivity contribution in [3.8, 4) is 11.3 Å². The number of fused-ring (bicyclic) bond motifs is 1. The Morgan fingerprint density at radius 3 is 2.66 bits per heavy atom. The van der Waals surface area contributed by atoms with Crippen LogP contribution in [-0.4, -0.2) is 53.2 Å². The highest BCUT2D eigenvalue weighted by Crippen LogP contribution is 2.50. The van der Waals surface area contributed by atoms with Crippen LogP contribution in [0.25, 0.3) is 11.3 Å². The van der Waals surface area contributed by atoms with E-state index in [-0.39, 0.29) is 34.6 Å². The molecule has 44 heavy (non-hydrogen) atoms. The minimum Gasteiger partial charge on any atom is -0.390 e. The summed E-state index contributed by atoms with van der Waals surface area (Å²) in [6.07, 6.45) is 5.02. The molecule has 3 aromatic heterocycles. The molecule has 2 aliphatic carbocycles. The lowest BCUT2D eigenvalue weighted by Gasteiger charge is -2.21. The number of hydrogen-bond acceptors (Lipinski definition) is 8. The number of carbonyl (C=O) groups excluding carboxylic acids is 2. The van der Waals surface area contributed by atoms with Crippen LogP contribution in [0.15, 0.2) is 36.9 Å². The van der Waals surface area contributed by atoms with Crippen LogP contribution in [0.2, 0.25) is 5.02 Å². The van der Waals surface area contributed by atoms with E-state index in [0.29, 0.717) is 29.7 Å². The van der Waals surface area contributed by atoms with Gasteiger partial charge in [0.2, 0.25) is 5.91 Å². The van der Waals surface area contributed by atoms with Crippen molar-refractivity contribution in [2.24, 2.45) is 11.8 Å². The molecule has 4 heterocycles. The second-order valence-electron chi connectivity index (χ2n) is 11.2. The zero-order chi connectivity index (χ0) is 30.9. The Morgan fingerprint density at radius 1 is 1.20 bits per heavy atom. The van der Waals surface area contributed by atoms with Gasteiger partial charge in [0.25, 0.3) is 12.3 Å². The Balaban J connectivity index is 1.14. The number of halogens is 4. The number of aliphatic hydroxyl groups excluding tert-OH is 1. The number of rotatable bonds is 8.